The maximum absolute atomic E-state index is 11.9. The maximum atomic E-state index is 11.9. The SMILES string of the molecule is CC(=O)c1ccc(Br)cc1OCC(=O)N(C)C1CC1. The number of amides is 1. The molecule has 0 spiro atoms. The van der Waals surface area contributed by atoms with E-state index in [2.05, 4.69) is 15.9 Å². The molecule has 0 atom stereocenters. The van der Waals surface area contributed by atoms with Crippen LogP contribution >= 0.6 is 15.9 Å². The molecule has 4 nitrogen and oxygen atoms in total. The molecular weight excluding hydrogens is 310 g/mol. The first kappa shape index (κ1) is 14.1. The zero-order valence-electron chi connectivity index (χ0n) is 11.0. The Bertz CT molecular complexity index is 511. The second-order valence-corrected chi connectivity index (χ2v) is 5.64. The van der Waals surface area contributed by atoms with E-state index in [4.69, 9.17) is 4.74 Å². The zero-order chi connectivity index (χ0) is 14.0. The van der Waals surface area contributed by atoms with E-state index in [-0.39, 0.29) is 18.3 Å². The van der Waals surface area contributed by atoms with E-state index >= 15 is 0 Å². The number of benzene rings is 1. The summed E-state index contributed by atoms with van der Waals surface area (Å²) in [6, 6.07) is 5.55. The smallest absolute Gasteiger partial charge is 0.260 e. The third kappa shape index (κ3) is 3.56. The minimum absolute atomic E-state index is 0.0380. The van der Waals surface area contributed by atoms with E-state index in [0.29, 0.717) is 17.4 Å². The molecule has 0 saturated heterocycles. The van der Waals surface area contributed by atoms with Crippen LogP contribution in [0.4, 0.5) is 0 Å². The Hall–Kier alpha value is -1.36. The molecule has 2 rings (SSSR count). The Morgan fingerprint density at radius 3 is 2.68 bits per heavy atom. The molecule has 1 aromatic rings. The molecule has 1 saturated carbocycles. The van der Waals surface area contributed by atoms with Crippen LogP contribution in [0.3, 0.4) is 0 Å². The predicted octanol–water partition coefficient (Wildman–Crippen LogP) is 2.65. The Kier molecular flexibility index (Phi) is 4.24. The normalized spacial score (nSPS) is 14.1. The summed E-state index contributed by atoms with van der Waals surface area (Å²) in [6.45, 7) is 1.44. The van der Waals surface area contributed by atoms with Crippen molar-refractivity contribution >= 4 is 27.6 Å². The number of rotatable bonds is 5. The van der Waals surface area contributed by atoms with Gasteiger partial charge in [-0.15, -0.1) is 0 Å². The number of carbonyl (C=O) groups is 2. The summed E-state index contributed by atoms with van der Waals surface area (Å²) in [5.41, 5.74) is 0.491. The van der Waals surface area contributed by atoms with Gasteiger partial charge in [0.2, 0.25) is 0 Å². The van der Waals surface area contributed by atoms with Crippen LogP contribution in [-0.2, 0) is 4.79 Å². The minimum Gasteiger partial charge on any atom is -0.483 e. The van der Waals surface area contributed by atoms with E-state index in [1.54, 1.807) is 30.1 Å². The van der Waals surface area contributed by atoms with Crippen molar-refractivity contribution in [2.75, 3.05) is 13.7 Å². The van der Waals surface area contributed by atoms with Gasteiger partial charge >= 0.3 is 0 Å². The van der Waals surface area contributed by atoms with E-state index in [9.17, 15) is 9.59 Å². The van der Waals surface area contributed by atoms with Crippen molar-refractivity contribution in [1.82, 2.24) is 4.90 Å². The first-order valence-electron chi connectivity index (χ1n) is 6.18. The summed E-state index contributed by atoms with van der Waals surface area (Å²) in [7, 11) is 1.79. The minimum atomic E-state index is -0.0782. The number of Topliss-reactive ketones (excluding diaryl/α,β-unsaturated/α-hetero) is 1. The fraction of sp³-hybridized carbons (Fsp3) is 0.429. The molecule has 0 unspecified atom stereocenters. The largest absolute Gasteiger partial charge is 0.483 e. The average molecular weight is 326 g/mol. The molecule has 0 radical (unpaired) electrons. The zero-order valence-corrected chi connectivity index (χ0v) is 12.6. The van der Waals surface area contributed by atoms with E-state index < -0.39 is 0 Å². The lowest BCUT2D eigenvalue weighted by atomic mass is 10.1. The number of ether oxygens (including phenoxy) is 1. The molecule has 19 heavy (non-hydrogen) atoms. The van der Waals surface area contributed by atoms with Gasteiger partial charge in [-0.1, -0.05) is 15.9 Å². The number of hydrogen-bond acceptors (Lipinski definition) is 3. The van der Waals surface area contributed by atoms with Crippen LogP contribution in [0.2, 0.25) is 0 Å². The standard InChI is InChI=1S/C14H16BrNO3/c1-9(17)12-6-3-10(15)7-13(12)19-8-14(18)16(2)11-4-5-11/h3,6-7,11H,4-5,8H2,1-2H3. The number of ketones is 1. The highest BCUT2D eigenvalue weighted by molar-refractivity contribution is 9.10. The molecule has 102 valence electrons. The van der Waals surface area contributed by atoms with Crippen molar-refractivity contribution in [2.24, 2.45) is 0 Å². The van der Waals surface area contributed by atoms with Gasteiger partial charge in [-0.25, -0.2) is 0 Å². The van der Waals surface area contributed by atoms with Crippen molar-refractivity contribution in [1.29, 1.82) is 0 Å². The molecule has 1 aliphatic carbocycles. The van der Waals surface area contributed by atoms with Crippen molar-refractivity contribution in [3.63, 3.8) is 0 Å². The molecule has 1 fully saturated rings. The predicted molar refractivity (Wildman–Crippen MR) is 75.4 cm³/mol. The summed E-state index contributed by atoms with van der Waals surface area (Å²) in [4.78, 5) is 25.1. The first-order chi connectivity index (χ1) is 8.99. The number of hydrogen-bond donors (Lipinski definition) is 0. The summed E-state index contributed by atoms with van der Waals surface area (Å²) in [5, 5.41) is 0. The maximum Gasteiger partial charge on any atom is 0.260 e. The Balaban J connectivity index is 2.03. The van der Waals surface area contributed by atoms with Crippen molar-refractivity contribution in [2.45, 2.75) is 25.8 Å². The number of halogens is 1. The molecule has 0 bridgehead atoms. The summed E-state index contributed by atoms with van der Waals surface area (Å²) in [6.07, 6.45) is 2.13. The molecule has 0 N–H and O–H groups in total. The van der Waals surface area contributed by atoms with Crippen molar-refractivity contribution in [3.05, 3.63) is 28.2 Å². The molecule has 0 heterocycles. The second-order valence-electron chi connectivity index (χ2n) is 4.72. The van der Waals surface area contributed by atoms with Crippen LogP contribution in [0.15, 0.2) is 22.7 Å². The van der Waals surface area contributed by atoms with Gasteiger partial charge in [0.05, 0.1) is 5.56 Å². The van der Waals surface area contributed by atoms with E-state index in [0.717, 1.165) is 17.3 Å². The Morgan fingerprint density at radius 1 is 1.42 bits per heavy atom. The van der Waals surface area contributed by atoms with Gasteiger partial charge in [0.15, 0.2) is 12.4 Å². The van der Waals surface area contributed by atoms with Crippen LogP contribution in [0.1, 0.15) is 30.1 Å². The third-order valence-corrected chi connectivity index (χ3v) is 3.66. The average Bonchev–Trinajstić information content (AvgIpc) is 3.18. The van der Waals surface area contributed by atoms with Crippen LogP contribution in [0, 0.1) is 0 Å². The summed E-state index contributed by atoms with van der Waals surface area (Å²) >= 11 is 3.33. The highest BCUT2D eigenvalue weighted by Crippen LogP contribution is 2.26. The van der Waals surface area contributed by atoms with Gasteiger partial charge < -0.3 is 9.64 Å². The topological polar surface area (TPSA) is 46.6 Å². The van der Waals surface area contributed by atoms with Gasteiger partial charge in [0.25, 0.3) is 5.91 Å². The fourth-order valence-electron chi connectivity index (χ4n) is 1.81. The molecule has 0 aliphatic heterocycles. The van der Waals surface area contributed by atoms with Crippen molar-refractivity contribution in [3.8, 4) is 5.75 Å². The highest BCUT2D eigenvalue weighted by Gasteiger charge is 2.29. The molecular formula is C14H16BrNO3. The van der Waals surface area contributed by atoms with Gasteiger partial charge in [-0.2, -0.15) is 0 Å². The van der Waals surface area contributed by atoms with Crippen LogP contribution in [0.25, 0.3) is 0 Å². The van der Waals surface area contributed by atoms with Crippen LogP contribution < -0.4 is 4.74 Å². The van der Waals surface area contributed by atoms with Crippen LogP contribution in [-0.4, -0.2) is 36.3 Å². The van der Waals surface area contributed by atoms with Gasteiger partial charge in [-0.05, 0) is 38.0 Å². The van der Waals surface area contributed by atoms with Gasteiger partial charge in [0, 0.05) is 17.6 Å². The Labute approximate surface area is 120 Å². The van der Waals surface area contributed by atoms with E-state index in [1.165, 1.54) is 6.92 Å². The molecule has 1 amide bonds. The monoisotopic (exact) mass is 325 g/mol. The molecule has 0 aromatic heterocycles. The molecule has 1 aliphatic rings. The number of nitrogens with zero attached hydrogens (tertiary/aromatic N) is 1. The molecule has 1 aromatic carbocycles. The van der Waals surface area contributed by atoms with E-state index in [1.807, 2.05) is 0 Å². The summed E-state index contributed by atoms with van der Waals surface area (Å²) < 4.78 is 6.31. The van der Waals surface area contributed by atoms with Crippen molar-refractivity contribution < 1.29 is 14.3 Å². The lowest BCUT2D eigenvalue weighted by molar-refractivity contribution is -0.132. The third-order valence-electron chi connectivity index (χ3n) is 3.16. The quantitative estimate of drug-likeness (QED) is 0.782. The lowest BCUT2D eigenvalue weighted by Gasteiger charge is -2.17. The van der Waals surface area contributed by atoms with Gasteiger partial charge in [0.1, 0.15) is 5.75 Å². The summed E-state index contributed by atoms with van der Waals surface area (Å²) in [5.74, 6) is 0.307. The fourth-order valence-corrected chi connectivity index (χ4v) is 2.15. The Morgan fingerprint density at radius 2 is 2.11 bits per heavy atom. The van der Waals surface area contributed by atoms with Crippen LogP contribution in [0.5, 0.6) is 5.75 Å². The second kappa shape index (κ2) is 5.74. The number of carbonyl (C=O) groups excluding carboxylic acids is 2. The first-order valence-corrected chi connectivity index (χ1v) is 6.97. The highest BCUT2D eigenvalue weighted by atomic mass is 79.9. The van der Waals surface area contributed by atoms with Gasteiger partial charge in [-0.3, -0.25) is 9.59 Å². The molecule has 5 heteroatoms. The number of likely N-dealkylation sites (N-methyl/N-ethyl adjacent to an activating group) is 1. The lowest BCUT2D eigenvalue weighted by Crippen LogP contribution is -2.33.